The van der Waals surface area contributed by atoms with E-state index >= 15 is 0 Å². The van der Waals surface area contributed by atoms with Gasteiger partial charge < -0.3 is 8.83 Å². The van der Waals surface area contributed by atoms with Crippen molar-refractivity contribution in [1.82, 2.24) is 9.61 Å². The second-order valence-corrected chi connectivity index (χ2v) is 5.28. The molecule has 0 saturated carbocycles. The van der Waals surface area contributed by atoms with Crippen LogP contribution < -0.4 is 5.76 Å². The molecule has 4 rings (SSSR count). The lowest BCUT2D eigenvalue weighted by atomic mass is 10.2. The quantitative estimate of drug-likeness (QED) is 0.531. The molecule has 0 N–H and O–H groups in total. The van der Waals surface area contributed by atoms with Crippen LogP contribution in [0.25, 0.3) is 27.9 Å². The molecule has 104 valence electrons. The maximum atomic E-state index is 12.0. The summed E-state index contributed by atoms with van der Waals surface area (Å²) in [6.07, 6.45) is 1.54. The molecule has 0 aliphatic rings. The van der Waals surface area contributed by atoms with Gasteiger partial charge in [0.1, 0.15) is 5.69 Å². The largest absolute Gasteiger partial charge is 0.463 e. The Morgan fingerprint density at radius 3 is 2.81 bits per heavy atom. The van der Waals surface area contributed by atoms with E-state index in [-0.39, 0.29) is 10.6 Å². The predicted molar refractivity (Wildman–Crippen MR) is 79.0 cm³/mol. The van der Waals surface area contributed by atoms with Crippen LogP contribution in [0.5, 0.6) is 0 Å². The number of hydrogen-bond acceptors (Lipinski definition) is 4. The van der Waals surface area contributed by atoms with Crippen LogP contribution in [0.3, 0.4) is 0 Å². The van der Waals surface area contributed by atoms with E-state index in [1.54, 1.807) is 24.3 Å². The van der Waals surface area contributed by atoms with Crippen molar-refractivity contribution in [3.8, 4) is 11.5 Å². The van der Waals surface area contributed by atoms with Gasteiger partial charge in [-0.25, -0.2) is 4.79 Å². The molecule has 0 atom stereocenters. The van der Waals surface area contributed by atoms with Crippen molar-refractivity contribution in [2.45, 2.75) is 0 Å². The maximum Gasteiger partial charge on any atom is 0.440 e. The third-order valence-electron chi connectivity index (χ3n) is 3.13. The van der Waals surface area contributed by atoms with Gasteiger partial charge in [0.25, 0.3) is 0 Å². The lowest BCUT2D eigenvalue weighted by Crippen LogP contribution is -2.12. The summed E-state index contributed by atoms with van der Waals surface area (Å²) in [5.41, 5.74) is 1.36. The van der Waals surface area contributed by atoms with Gasteiger partial charge in [-0.05, 0) is 30.3 Å². The molecule has 21 heavy (non-hydrogen) atoms. The van der Waals surface area contributed by atoms with Crippen LogP contribution in [0.4, 0.5) is 0 Å². The number of rotatable bonds is 1. The first kappa shape index (κ1) is 12.5. The van der Waals surface area contributed by atoms with Gasteiger partial charge in [-0.15, -0.1) is 0 Å². The second-order valence-electron chi connectivity index (χ2n) is 4.44. The fraction of sp³-hybridized carbons (Fsp3) is 0. The highest BCUT2D eigenvalue weighted by atomic mass is 35.5. The Kier molecular flexibility index (Phi) is 2.60. The molecule has 3 heterocycles. The molecule has 0 radical (unpaired) electrons. The first-order chi connectivity index (χ1) is 10.1. The monoisotopic (exact) mass is 320 g/mol. The molecule has 0 fully saturated rings. The molecule has 1 aromatic carbocycles. The number of hydrogen-bond donors (Lipinski definition) is 0. The number of aromatic nitrogens is 2. The van der Waals surface area contributed by atoms with Crippen LogP contribution in [-0.2, 0) is 0 Å². The van der Waals surface area contributed by atoms with Crippen molar-refractivity contribution in [2.75, 3.05) is 0 Å². The van der Waals surface area contributed by atoms with E-state index < -0.39 is 5.76 Å². The Hall–Kier alpha value is -2.24. The first-order valence-corrected chi connectivity index (χ1v) is 6.74. The van der Waals surface area contributed by atoms with Crippen molar-refractivity contribution in [3.05, 3.63) is 57.2 Å². The molecule has 0 aliphatic carbocycles. The number of fused-ring (bicyclic) bond motifs is 3. The van der Waals surface area contributed by atoms with E-state index in [0.29, 0.717) is 27.4 Å². The van der Waals surface area contributed by atoms with Crippen molar-refractivity contribution >= 4 is 39.7 Å². The van der Waals surface area contributed by atoms with Gasteiger partial charge in [0.05, 0.1) is 16.8 Å². The van der Waals surface area contributed by atoms with Gasteiger partial charge in [-0.3, -0.25) is 0 Å². The minimum absolute atomic E-state index is 0.276. The van der Waals surface area contributed by atoms with Crippen LogP contribution in [0, 0.1) is 0 Å². The van der Waals surface area contributed by atoms with E-state index in [1.165, 1.54) is 12.3 Å². The molecular weight excluding hydrogens is 315 g/mol. The Labute approximate surface area is 127 Å². The van der Waals surface area contributed by atoms with Crippen LogP contribution in [0.15, 0.2) is 50.2 Å². The predicted octanol–water partition coefficient (Wildman–Crippen LogP) is 4.01. The SMILES string of the molecule is O=c1oc2c(Cl)cc(Cl)cc2c2cc(-c3ccco3)nn12. The van der Waals surface area contributed by atoms with Crippen molar-refractivity contribution in [1.29, 1.82) is 0 Å². The molecular formula is C14H6Cl2N2O3. The zero-order chi connectivity index (χ0) is 14.6. The average molecular weight is 321 g/mol. The lowest BCUT2D eigenvalue weighted by Gasteiger charge is -2.01. The summed E-state index contributed by atoms with van der Waals surface area (Å²) in [7, 11) is 0. The minimum atomic E-state index is -0.625. The molecule has 0 bridgehead atoms. The Morgan fingerprint density at radius 2 is 2.05 bits per heavy atom. The lowest BCUT2D eigenvalue weighted by molar-refractivity contribution is 0.507. The van der Waals surface area contributed by atoms with E-state index in [2.05, 4.69) is 5.10 Å². The Balaban J connectivity index is 2.17. The van der Waals surface area contributed by atoms with E-state index in [4.69, 9.17) is 32.0 Å². The zero-order valence-electron chi connectivity index (χ0n) is 10.3. The van der Waals surface area contributed by atoms with Gasteiger partial charge in [0.2, 0.25) is 0 Å². The number of benzene rings is 1. The second kappa shape index (κ2) is 4.38. The summed E-state index contributed by atoms with van der Waals surface area (Å²) < 4.78 is 11.7. The third kappa shape index (κ3) is 1.86. The van der Waals surface area contributed by atoms with E-state index in [1.807, 2.05) is 0 Å². The molecule has 0 amide bonds. The number of halogens is 2. The number of nitrogens with zero attached hydrogens (tertiary/aromatic N) is 2. The van der Waals surface area contributed by atoms with E-state index in [9.17, 15) is 4.79 Å². The van der Waals surface area contributed by atoms with Gasteiger partial charge in [0, 0.05) is 10.4 Å². The smallest absolute Gasteiger partial charge is 0.440 e. The molecule has 0 saturated heterocycles. The van der Waals surface area contributed by atoms with Crippen molar-refractivity contribution < 1.29 is 8.83 Å². The normalized spacial score (nSPS) is 11.5. The highest BCUT2D eigenvalue weighted by Gasteiger charge is 2.15. The summed E-state index contributed by atoms with van der Waals surface area (Å²) in [4.78, 5) is 12.0. The molecule has 0 aliphatic heterocycles. The Morgan fingerprint density at radius 1 is 1.19 bits per heavy atom. The van der Waals surface area contributed by atoms with Crippen LogP contribution in [0.1, 0.15) is 0 Å². The highest BCUT2D eigenvalue weighted by molar-refractivity contribution is 6.38. The topological polar surface area (TPSA) is 60.7 Å². The third-order valence-corrected chi connectivity index (χ3v) is 3.63. The summed E-state index contributed by atoms with van der Waals surface area (Å²) in [6, 6.07) is 8.42. The maximum absolute atomic E-state index is 12.0. The molecule has 0 unspecified atom stereocenters. The van der Waals surface area contributed by atoms with Gasteiger partial charge in [-0.1, -0.05) is 23.2 Å². The van der Waals surface area contributed by atoms with E-state index in [0.717, 1.165) is 4.52 Å². The molecule has 7 heteroatoms. The highest BCUT2D eigenvalue weighted by Crippen LogP contribution is 2.31. The average Bonchev–Trinajstić information content (AvgIpc) is 3.07. The molecule has 4 aromatic rings. The van der Waals surface area contributed by atoms with Crippen molar-refractivity contribution in [3.63, 3.8) is 0 Å². The Bertz CT molecular complexity index is 1030. The molecule has 5 nitrogen and oxygen atoms in total. The number of furan rings is 1. The zero-order valence-corrected chi connectivity index (χ0v) is 11.9. The van der Waals surface area contributed by atoms with Crippen LogP contribution in [-0.4, -0.2) is 9.61 Å². The molecule has 0 spiro atoms. The van der Waals surface area contributed by atoms with Gasteiger partial charge in [0.15, 0.2) is 11.3 Å². The summed E-state index contributed by atoms with van der Waals surface area (Å²) >= 11 is 12.1. The fourth-order valence-electron chi connectivity index (χ4n) is 2.24. The summed E-state index contributed by atoms with van der Waals surface area (Å²) in [5, 5.41) is 5.53. The summed E-state index contributed by atoms with van der Waals surface area (Å²) in [5.74, 6) is -0.0705. The molecule has 3 aromatic heterocycles. The van der Waals surface area contributed by atoms with Crippen molar-refractivity contribution in [2.24, 2.45) is 0 Å². The first-order valence-electron chi connectivity index (χ1n) is 5.99. The van der Waals surface area contributed by atoms with Gasteiger partial charge >= 0.3 is 5.76 Å². The standard InChI is InChI=1S/C14H6Cl2N2O3/c15-7-4-8-11-6-10(12-2-1-3-20-12)17-18(11)14(19)21-13(8)9(16)5-7/h1-6H. The summed E-state index contributed by atoms with van der Waals surface area (Å²) in [6.45, 7) is 0. The van der Waals surface area contributed by atoms with Crippen LogP contribution in [0.2, 0.25) is 10.0 Å². The fourth-order valence-corrected chi connectivity index (χ4v) is 2.77. The minimum Gasteiger partial charge on any atom is -0.463 e. The van der Waals surface area contributed by atoms with Gasteiger partial charge in [-0.2, -0.15) is 9.61 Å². The van der Waals surface area contributed by atoms with Crippen LogP contribution >= 0.6 is 23.2 Å².